The van der Waals surface area contributed by atoms with Gasteiger partial charge >= 0.3 is 0 Å². The Morgan fingerprint density at radius 1 is 1.47 bits per heavy atom. The lowest BCUT2D eigenvalue weighted by molar-refractivity contribution is -0.0903. The Balaban J connectivity index is 1.78. The summed E-state index contributed by atoms with van der Waals surface area (Å²) >= 11 is 1.57. The minimum Gasteiger partial charge on any atom is -0.383 e. The molecule has 0 aromatic carbocycles. The summed E-state index contributed by atoms with van der Waals surface area (Å²) in [4.78, 5) is 0. The Morgan fingerprint density at radius 3 is 3.18 bits per heavy atom. The normalized spacial score (nSPS) is 20.6. The molecule has 1 aromatic heterocycles. The second kappa shape index (κ2) is 6.97. The molecular formula is C10H17N3O3S. The molecule has 1 saturated heterocycles. The number of methoxy groups -OCH3 is 1. The van der Waals surface area contributed by atoms with Gasteiger partial charge in [0.25, 0.3) is 0 Å². The molecule has 1 unspecified atom stereocenters. The summed E-state index contributed by atoms with van der Waals surface area (Å²) < 4.78 is 15.9. The van der Waals surface area contributed by atoms with Crippen molar-refractivity contribution in [1.29, 1.82) is 0 Å². The highest BCUT2D eigenvalue weighted by atomic mass is 32.1. The van der Waals surface area contributed by atoms with Gasteiger partial charge in [-0.05, 0) is 0 Å². The van der Waals surface area contributed by atoms with Crippen LogP contribution in [0.15, 0.2) is 0 Å². The summed E-state index contributed by atoms with van der Waals surface area (Å²) in [5.74, 6) is 0. The average Bonchev–Trinajstić information content (AvgIpc) is 2.85. The van der Waals surface area contributed by atoms with E-state index in [1.807, 2.05) is 0 Å². The van der Waals surface area contributed by atoms with Crippen molar-refractivity contribution in [3.63, 3.8) is 0 Å². The van der Waals surface area contributed by atoms with Gasteiger partial charge in [0.05, 0.1) is 26.4 Å². The van der Waals surface area contributed by atoms with Crippen LogP contribution in [-0.4, -0.2) is 50.3 Å². The van der Waals surface area contributed by atoms with Gasteiger partial charge in [-0.1, -0.05) is 11.3 Å². The van der Waals surface area contributed by atoms with Gasteiger partial charge in [-0.25, -0.2) is 0 Å². The number of nitrogens with one attached hydrogen (secondary N) is 1. The lowest BCUT2D eigenvalue weighted by Gasteiger charge is -2.20. The van der Waals surface area contributed by atoms with Crippen molar-refractivity contribution in [2.75, 3.05) is 40.1 Å². The summed E-state index contributed by atoms with van der Waals surface area (Å²) in [5.41, 5.74) is 0. The van der Waals surface area contributed by atoms with Crippen molar-refractivity contribution < 1.29 is 14.2 Å². The van der Waals surface area contributed by atoms with Crippen molar-refractivity contribution in [2.24, 2.45) is 0 Å². The van der Waals surface area contributed by atoms with Gasteiger partial charge in [-0.15, -0.1) is 10.2 Å². The van der Waals surface area contributed by atoms with Crippen molar-refractivity contribution in [1.82, 2.24) is 15.5 Å². The third-order valence-electron chi connectivity index (χ3n) is 2.33. The molecule has 1 N–H and O–H groups in total. The fourth-order valence-electron chi connectivity index (χ4n) is 1.47. The molecular weight excluding hydrogens is 242 g/mol. The van der Waals surface area contributed by atoms with Crippen molar-refractivity contribution in [3.05, 3.63) is 10.0 Å². The van der Waals surface area contributed by atoms with Gasteiger partial charge in [-0.3, -0.25) is 0 Å². The highest BCUT2D eigenvalue weighted by molar-refractivity contribution is 7.11. The summed E-state index contributed by atoms with van der Waals surface area (Å²) in [7, 11) is 1.69. The molecule has 1 atom stereocenters. The molecule has 96 valence electrons. The van der Waals surface area contributed by atoms with Crippen LogP contribution in [0.5, 0.6) is 0 Å². The molecule has 6 nitrogen and oxygen atoms in total. The molecule has 1 aliphatic rings. The van der Waals surface area contributed by atoms with E-state index in [4.69, 9.17) is 14.2 Å². The predicted octanol–water partition coefficient (Wildman–Crippen LogP) is 0.362. The molecule has 2 rings (SSSR count). The lowest BCUT2D eigenvalue weighted by atomic mass is 10.4. The zero-order valence-corrected chi connectivity index (χ0v) is 10.7. The molecule has 0 aliphatic carbocycles. The Labute approximate surface area is 104 Å². The van der Waals surface area contributed by atoms with Crippen LogP contribution in [0, 0.1) is 0 Å². The van der Waals surface area contributed by atoms with Crippen LogP contribution in [0.25, 0.3) is 0 Å². The molecule has 0 spiro atoms. The highest BCUT2D eigenvalue weighted by Gasteiger charge is 2.20. The van der Waals surface area contributed by atoms with E-state index in [1.165, 1.54) is 0 Å². The molecule has 7 heteroatoms. The van der Waals surface area contributed by atoms with Crippen molar-refractivity contribution in [2.45, 2.75) is 12.6 Å². The number of hydrogen-bond acceptors (Lipinski definition) is 7. The maximum Gasteiger partial charge on any atom is 0.148 e. The molecule has 0 radical (unpaired) electrons. The first kappa shape index (κ1) is 12.8. The highest BCUT2D eigenvalue weighted by Crippen LogP contribution is 2.23. The van der Waals surface area contributed by atoms with E-state index >= 15 is 0 Å². The smallest absolute Gasteiger partial charge is 0.148 e. The SMILES string of the molecule is COCCNCc1nnc(C2COCCO2)s1. The fourth-order valence-corrected chi connectivity index (χ4v) is 2.31. The Morgan fingerprint density at radius 2 is 2.41 bits per heavy atom. The van der Waals surface area contributed by atoms with E-state index in [9.17, 15) is 0 Å². The summed E-state index contributed by atoms with van der Waals surface area (Å²) in [5, 5.41) is 13.3. The van der Waals surface area contributed by atoms with Crippen LogP contribution in [0.4, 0.5) is 0 Å². The van der Waals surface area contributed by atoms with Gasteiger partial charge in [0.15, 0.2) is 0 Å². The molecule has 1 aromatic rings. The van der Waals surface area contributed by atoms with Crippen LogP contribution >= 0.6 is 11.3 Å². The average molecular weight is 259 g/mol. The Kier molecular flexibility index (Phi) is 5.27. The van der Waals surface area contributed by atoms with E-state index in [0.717, 1.165) is 16.6 Å². The van der Waals surface area contributed by atoms with Crippen LogP contribution in [0.1, 0.15) is 16.1 Å². The number of hydrogen-bond donors (Lipinski definition) is 1. The summed E-state index contributed by atoms with van der Waals surface area (Å²) in [6.07, 6.45) is -0.0472. The van der Waals surface area contributed by atoms with Gasteiger partial charge in [0.1, 0.15) is 16.1 Å². The molecule has 0 saturated carbocycles. The first-order valence-electron chi connectivity index (χ1n) is 5.61. The molecule has 2 heterocycles. The number of rotatable bonds is 6. The van der Waals surface area contributed by atoms with Gasteiger partial charge in [0.2, 0.25) is 0 Å². The third-order valence-corrected chi connectivity index (χ3v) is 3.35. The van der Waals surface area contributed by atoms with E-state index in [-0.39, 0.29) is 6.10 Å². The standard InChI is InChI=1S/C10H17N3O3S/c1-14-3-2-11-6-9-12-13-10(17-9)8-7-15-4-5-16-8/h8,11H,2-7H2,1H3. The zero-order valence-electron chi connectivity index (χ0n) is 9.85. The first-order valence-corrected chi connectivity index (χ1v) is 6.43. The number of ether oxygens (including phenoxy) is 3. The third kappa shape index (κ3) is 3.97. The maximum atomic E-state index is 5.56. The predicted molar refractivity (Wildman–Crippen MR) is 63.0 cm³/mol. The summed E-state index contributed by atoms with van der Waals surface area (Å²) in [6, 6.07) is 0. The van der Waals surface area contributed by atoms with Gasteiger partial charge < -0.3 is 19.5 Å². The van der Waals surface area contributed by atoms with E-state index < -0.39 is 0 Å². The van der Waals surface area contributed by atoms with Crippen LogP contribution < -0.4 is 5.32 Å². The largest absolute Gasteiger partial charge is 0.383 e. The van der Waals surface area contributed by atoms with E-state index in [2.05, 4.69) is 15.5 Å². The number of nitrogens with zero attached hydrogens (tertiary/aromatic N) is 2. The van der Waals surface area contributed by atoms with Crippen molar-refractivity contribution >= 4 is 11.3 Å². The topological polar surface area (TPSA) is 65.5 Å². The first-order chi connectivity index (χ1) is 8.40. The van der Waals surface area contributed by atoms with E-state index in [1.54, 1.807) is 18.4 Å². The molecule has 0 bridgehead atoms. The van der Waals surface area contributed by atoms with E-state index in [0.29, 0.717) is 33.0 Å². The molecule has 1 fully saturated rings. The second-order valence-corrected chi connectivity index (χ2v) is 4.73. The Hall–Kier alpha value is -0.600. The zero-order chi connectivity index (χ0) is 11.9. The van der Waals surface area contributed by atoms with Crippen LogP contribution in [0.2, 0.25) is 0 Å². The van der Waals surface area contributed by atoms with Crippen LogP contribution in [0.3, 0.4) is 0 Å². The minimum absolute atomic E-state index is 0.0472. The van der Waals surface area contributed by atoms with Crippen LogP contribution in [-0.2, 0) is 20.8 Å². The minimum atomic E-state index is -0.0472. The maximum absolute atomic E-state index is 5.56. The molecule has 0 amide bonds. The fraction of sp³-hybridized carbons (Fsp3) is 0.800. The quantitative estimate of drug-likeness (QED) is 0.744. The number of aromatic nitrogens is 2. The van der Waals surface area contributed by atoms with Crippen molar-refractivity contribution in [3.8, 4) is 0 Å². The molecule has 1 aliphatic heterocycles. The van der Waals surface area contributed by atoms with Gasteiger partial charge in [0, 0.05) is 20.2 Å². The second-order valence-electron chi connectivity index (χ2n) is 3.64. The summed E-state index contributed by atoms with van der Waals surface area (Å²) in [6.45, 7) is 4.10. The molecule has 17 heavy (non-hydrogen) atoms. The monoisotopic (exact) mass is 259 g/mol. The lowest BCUT2D eigenvalue weighted by Crippen LogP contribution is -2.21. The Bertz CT molecular complexity index is 328. The van der Waals surface area contributed by atoms with Gasteiger partial charge in [-0.2, -0.15) is 0 Å².